The second-order valence-electron chi connectivity index (χ2n) is 11.6. The van der Waals surface area contributed by atoms with E-state index in [0.29, 0.717) is 30.9 Å². The Bertz CT molecular complexity index is 1520. The second-order valence-corrected chi connectivity index (χ2v) is 14.5. The number of nitrogens with one attached hydrogen (secondary N) is 1. The molecule has 10 nitrogen and oxygen atoms in total. The van der Waals surface area contributed by atoms with Gasteiger partial charge in [-0.05, 0) is 74.9 Å². The summed E-state index contributed by atoms with van der Waals surface area (Å²) in [5.41, 5.74) is 0.988. The molecule has 244 valence electrons. The SMILES string of the molecule is C[C@@H]1CCCCO[C@@H](CN(C)C(=O)c2ccccc2)[C@@H](C)CN([C@@H](C)CO)C(=O)c2cc(NS(=O)(=O)c3cccs3)ccc2O1. The molecule has 0 bridgehead atoms. The van der Waals surface area contributed by atoms with E-state index in [2.05, 4.69) is 4.72 Å². The molecule has 1 aliphatic rings. The summed E-state index contributed by atoms with van der Waals surface area (Å²) in [4.78, 5) is 30.6. The lowest BCUT2D eigenvalue weighted by molar-refractivity contribution is -0.0149. The van der Waals surface area contributed by atoms with Crippen LogP contribution in [0.15, 0.2) is 70.3 Å². The predicted octanol–water partition coefficient (Wildman–Crippen LogP) is 5.12. The molecule has 3 aromatic rings. The minimum absolute atomic E-state index is 0.125. The summed E-state index contributed by atoms with van der Waals surface area (Å²) in [7, 11) is -2.11. The zero-order valence-corrected chi connectivity index (χ0v) is 27.9. The van der Waals surface area contributed by atoms with Crippen molar-refractivity contribution in [3.05, 3.63) is 77.2 Å². The standard InChI is InChI=1S/C33H43N3O7S2/c1-23-20-36(24(2)22-37)33(39)28-19-27(34-45(40,41)31-14-10-18-44-31)15-16-29(28)43-25(3)11-8-9-17-42-30(23)21-35(4)32(38)26-12-6-5-7-13-26/h5-7,10,12-16,18-19,23-25,30,34,37H,8-9,11,17,20-22H2,1-4H3/t23-,24-,25+,30-/m0/s1. The van der Waals surface area contributed by atoms with E-state index in [9.17, 15) is 23.1 Å². The monoisotopic (exact) mass is 657 g/mol. The lowest BCUT2D eigenvalue weighted by atomic mass is 10.0. The topological polar surface area (TPSA) is 125 Å². The summed E-state index contributed by atoms with van der Waals surface area (Å²) in [5.74, 6) is -0.416. The molecule has 0 saturated carbocycles. The fraction of sp³-hybridized carbons (Fsp3) is 0.455. The highest BCUT2D eigenvalue weighted by Gasteiger charge is 2.31. The van der Waals surface area contributed by atoms with Gasteiger partial charge in [-0.15, -0.1) is 11.3 Å². The van der Waals surface area contributed by atoms with E-state index in [-0.39, 0.29) is 52.6 Å². The molecule has 4 rings (SSSR count). The minimum atomic E-state index is -3.85. The maximum atomic E-state index is 14.3. The third kappa shape index (κ3) is 9.06. The van der Waals surface area contributed by atoms with Gasteiger partial charge in [-0.25, -0.2) is 8.42 Å². The maximum absolute atomic E-state index is 14.3. The van der Waals surface area contributed by atoms with Crippen molar-refractivity contribution >= 4 is 38.9 Å². The Balaban J connectivity index is 1.65. The summed E-state index contributed by atoms with van der Waals surface area (Å²) in [6.07, 6.45) is 1.73. The van der Waals surface area contributed by atoms with Gasteiger partial charge in [0.05, 0.1) is 30.4 Å². The molecule has 2 aromatic carbocycles. The van der Waals surface area contributed by atoms with Crippen LogP contribution in [0, 0.1) is 5.92 Å². The summed E-state index contributed by atoms with van der Waals surface area (Å²) in [5, 5.41) is 11.9. The number of nitrogens with zero attached hydrogens (tertiary/aromatic N) is 2. The second kappa shape index (κ2) is 15.7. The number of sulfonamides is 1. The van der Waals surface area contributed by atoms with Crippen LogP contribution in [0.5, 0.6) is 5.75 Å². The number of aliphatic hydroxyl groups is 1. The molecule has 1 aliphatic heterocycles. The van der Waals surface area contributed by atoms with Gasteiger partial charge >= 0.3 is 0 Å². The maximum Gasteiger partial charge on any atom is 0.271 e. The minimum Gasteiger partial charge on any atom is -0.490 e. The van der Waals surface area contributed by atoms with Crippen molar-refractivity contribution in [1.29, 1.82) is 0 Å². The molecule has 0 saturated heterocycles. The average molecular weight is 658 g/mol. The van der Waals surface area contributed by atoms with Gasteiger partial charge in [-0.2, -0.15) is 0 Å². The average Bonchev–Trinajstić information content (AvgIpc) is 3.59. The van der Waals surface area contributed by atoms with Gasteiger partial charge in [0.15, 0.2) is 0 Å². The van der Waals surface area contributed by atoms with Crippen LogP contribution in [0.1, 0.15) is 60.7 Å². The molecular formula is C33H43N3O7S2. The number of benzene rings is 2. The predicted molar refractivity (Wildman–Crippen MR) is 175 cm³/mol. The zero-order valence-electron chi connectivity index (χ0n) is 26.2. The number of ether oxygens (including phenoxy) is 2. The highest BCUT2D eigenvalue weighted by molar-refractivity contribution is 7.94. The highest BCUT2D eigenvalue weighted by atomic mass is 32.2. The molecule has 0 unspecified atom stereocenters. The Kier molecular flexibility index (Phi) is 12.0. The summed E-state index contributed by atoms with van der Waals surface area (Å²) in [6, 6.07) is 16.3. The van der Waals surface area contributed by atoms with E-state index < -0.39 is 22.0 Å². The van der Waals surface area contributed by atoms with Crippen molar-refractivity contribution in [2.24, 2.45) is 5.92 Å². The molecule has 4 atom stereocenters. The molecule has 1 aromatic heterocycles. The lowest BCUT2D eigenvalue weighted by Gasteiger charge is -2.36. The first-order chi connectivity index (χ1) is 21.5. The Labute approximate surface area is 270 Å². The van der Waals surface area contributed by atoms with Crippen LogP contribution < -0.4 is 9.46 Å². The Morgan fingerprint density at radius 1 is 1.13 bits per heavy atom. The van der Waals surface area contributed by atoms with Crippen LogP contribution in [-0.4, -0.2) is 86.7 Å². The van der Waals surface area contributed by atoms with Crippen LogP contribution in [0.2, 0.25) is 0 Å². The number of rotatable bonds is 8. The third-order valence-electron chi connectivity index (χ3n) is 7.88. The summed E-state index contributed by atoms with van der Waals surface area (Å²) >= 11 is 1.10. The molecule has 45 heavy (non-hydrogen) atoms. The molecule has 0 spiro atoms. The summed E-state index contributed by atoms with van der Waals surface area (Å²) in [6.45, 7) is 6.38. The molecular weight excluding hydrogens is 615 g/mol. The first-order valence-corrected chi connectivity index (χ1v) is 17.6. The van der Waals surface area contributed by atoms with E-state index in [1.54, 1.807) is 59.5 Å². The van der Waals surface area contributed by atoms with Crippen LogP contribution >= 0.6 is 11.3 Å². The first kappa shape index (κ1) is 34.4. The van der Waals surface area contributed by atoms with Crippen molar-refractivity contribution in [3.8, 4) is 5.75 Å². The Morgan fingerprint density at radius 3 is 2.58 bits per heavy atom. The third-order valence-corrected chi connectivity index (χ3v) is 10.7. The number of hydrogen-bond donors (Lipinski definition) is 2. The van der Waals surface area contributed by atoms with E-state index in [1.807, 2.05) is 32.0 Å². The Morgan fingerprint density at radius 2 is 1.89 bits per heavy atom. The van der Waals surface area contributed by atoms with Crippen molar-refractivity contribution in [2.75, 3.05) is 38.1 Å². The van der Waals surface area contributed by atoms with Crippen LogP contribution in [0.25, 0.3) is 0 Å². The first-order valence-electron chi connectivity index (χ1n) is 15.2. The van der Waals surface area contributed by atoms with Crippen molar-refractivity contribution in [1.82, 2.24) is 9.80 Å². The lowest BCUT2D eigenvalue weighted by Crippen LogP contribution is -2.48. The van der Waals surface area contributed by atoms with Crippen LogP contribution in [0.4, 0.5) is 5.69 Å². The Hall–Kier alpha value is -3.45. The molecule has 2 N–H and O–H groups in total. The normalized spacial score (nSPS) is 20.8. The van der Waals surface area contributed by atoms with Crippen LogP contribution in [-0.2, 0) is 14.8 Å². The van der Waals surface area contributed by atoms with Gasteiger partial charge in [-0.3, -0.25) is 14.3 Å². The number of amides is 2. The van der Waals surface area contributed by atoms with E-state index in [1.165, 1.54) is 12.1 Å². The van der Waals surface area contributed by atoms with Gasteiger partial charge in [0.1, 0.15) is 9.96 Å². The van der Waals surface area contributed by atoms with Gasteiger partial charge in [0.2, 0.25) is 0 Å². The molecule has 0 aliphatic carbocycles. The molecule has 2 amide bonds. The largest absolute Gasteiger partial charge is 0.490 e. The van der Waals surface area contributed by atoms with Gasteiger partial charge in [0.25, 0.3) is 21.8 Å². The van der Waals surface area contributed by atoms with E-state index in [0.717, 1.165) is 24.2 Å². The molecule has 2 heterocycles. The number of likely N-dealkylation sites (N-methyl/N-ethyl adjacent to an activating group) is 1. The number of anilines is 1. The van der Waals surface area contributed by atoms with E-state index in [4.69, 9.17) is 9.47 Å². The number of aliphatic hydroxyl groups excluding tert-OH is 1. The highest BCUT2D eigenvalue weighted by Crippen LogP contribution is 2.30. The zero-order chi connectivity index (χ0) is 32.6. The molecule has 0 radical (unpaired) electrons. The van der Waals surface area contributed by atoms with E-state index >= 15 is 0 Å². The van der Waals surface area contributed by atoms with Crippen molar-refractivity contribution in [2.45, 2.75) is 62.5 Å². The van der Waals surface area contributed by atoms with Crippen LogP contribution in [0.3, 0.4) is 0 Å². The number of thiophene rings is 1. The van der Waals surface area contributed by atoms with Gasteiger partial charge in [-0.1, -0.05) is 31.2 Å². The molecule has 0 fully saturated rings. The number of carbonyl (C=O) groups excluding carboxylic acids is 2. The quantitative estimate of drug-likeness (QED) is 0.345. The van der Waals surface area contributed by atoms with Crippen molar-refractivity contribution in [3.63, 3.8) is 0 Å². The number of carbonyl (C=O) groups is 2. The number of hydrogen-bond acceptors (Lipinski definition) is 8. The summed E-state index contributed by atoms with van der Waals surface area (Å²) < 4.78 is 41.2. The number of fused-ring (bicyclic) bond motifs is 1. The van der Waals surface area contributed by atoms with Gasteiger partial charge < -0.3 is 24.4 Å². The smallest absolute Gasteiger partial charge is 0.271 e. The van der Waals surface area contributed by atoms with Crippen molar-refractivity contribution < 1.29 is 32.6 Å². The fourth-order valence-corrected chi connectivity index (χ4v) is 7.27. The fourth-order valence-electron chi connectivity index (χ4n) is 5.22. The van der Waals surface area contributed by atoms with Gasteiger partial charge in [0, 0.05) is 43.9 Å². The molecule has 12 heteroatoms.